The van der Waals surface area contributed by atoms with Crippen LogP contribution in [-0.2, 0) is 0 Å². The highest BCUT2D eigenvalue weighted by Crippen LogP contribution is 2.45. The SMILES string of the molecule is [2H]c1cc([2H])c2c(c1[2H])c1c([2H])c([2H])cc([2H])c1n2-c1ccc(-c2cccc3c2sc2cccc(-c4ccccc4)c23)cc1-c1nc(-c2ccccc2)nc(-c2ccccc2)n1. The second-order valence-corrected chi connectivity index (χ2v) is 14.6. The molecule has 11 aromatic rings. The maximum atomic E-state index is 9.25. The smallest absolute Gasteiger partial charge is 0.166 e. The van der Waals surface area contributed by atoms with E-state index in [-0.39, 0.29) is 58.1 Å². The van der Waals surface area contributed by atoms with Crippen molar-refractivity contribution >= 4 is 53.3 Å². The topological polar surface area (TPSA) is 43.6 Å². The number of nitrogens with zero attached hydrogens (tertiary/aromatic N) is 4. The fourth-order valence-electron chi connectivity index (χ4n) is 7.70. The highest BCUT2D eigenvalue weighted by Gasteiger charge is 2.21. The highest BCUT2D eigenvalue weighted by molar-refractivity contribution is 7.26. The van der Waals surface area contributed by atoms with Gasteiger partial charge in [-0.25, -0.2) is 15.0 Å². The Morgan fingerprint density at radius 3 is 1.64 bits per heavy atom. The van der Waals surface area contributed by atoms with Crippen molar-refractivity contribution in [3.8, 4) is 62.1 Å². The van der Waals surface area contributed by atoms with Gasteiger partial charge in [-0.1, -0.05) is 164 Å². The summed E-state index contributed by atoms with van der Waals surface area (Å²) in [5, 5.41) is 2.67. The van der Waals surface area contributed by atoms with E-state index < -0.39 is 0 Å². The van der Waals surface area contributed by atoms with Crippen molar-refractivity contribution < 1.29 is 8.22 Å². The molecule has 0 spiro atoms. The van der Waals surface area contributed by atoms with Gasteiger partial charge in [0, 0.05) is 47.6 Å². The van der Waals surface area contributed by atoms with Crippen molar-refractivity contribution in [2.24, 2.45) is 0 Å². The third-order valence-electron chi connectivity index (χ3n) is 10.2. The molecule has 11 rings (SSSR count). The number of para-hydroxylation sites is 2. The summed E-state index contributed by atoms with van der Waals surface area (Å²) in [6, 6.07) is 50.4. The van der Waals surface area contributed by atoms with E-state index in [0.29, 0.717) is 28.7 Å². The molecule has 0 N–H and O–H groups in total. The van der Waals surface area contributed by atoms with E-state index in [1.54, 1.807) is 15.9 Å². The first-order chi connectivity index (χ1) is 30.2. The number of fused-ring (bicyclic) bond motifs is 6. The van der Waals surface area contributed by atoms with Crippen molar-refractivity contribution in [1.29, 1.82) is 0 Å². The Kier molecular flexibility index (Phi) is 6.29. The molecular weight excluding hydrogens is 701 g/mol. The monoisotopic (exact) mass is 738 g/mol. The van der Waals surface area contributed by atoms with Crippen LogP contribution >= 0.6 is 11.3 Å². The minimum atomic E-state index is -0.180. The van der Waals surface area contributed by atoms with Crippen LogP contribution in [0.4, 0.5) is 0 Å². The molecule has 0 saturated carbocycles. The number of thiophene rings is 1. The van der Waals surface area contributed by atoms with E-state index in [4.69, 9.17) is 20.4 Å². The maximum absolute atomic E-state index is 9.25. The molecule has 0 saturated heterocycles. The van der Waals surface area contributed by atoms with Gasteiger partial charge >= 0.3 is 0 Å². The van der Waals surface area contributed by atoms with Crippen molar-refractivity contribution in [2.45, 2.75) is 0 Å². The van der Waals surface area contributed by atoms with Gasteiger partial charge < -0.3 is 4.57 Å². The molecule has 4 nitrogen and oxygen atoms in total. The molecule has 0 fully saturated rings. The molecule has 0 radical (unpaired) electrons. The van der Waals surface area contributed by atoms with Crippen LogP contribution in [-0.4, -0.2) is 19.5 Å². The Balaban J connectivity index is 1.25. The fraction of sp³-hybridized carbons (Fsp3) is 0. The Labute approximate surface area is 336 Å². The molecule has 56 heavy (non-hydrogen) atoms. The lowest BCUT2D eigenvalue weighted by atomic mass is 9.96. The molecule has 3 heterocycles. The molecule has 0 aliphatic carbocycles. The van der Waals surface area contributed by atoms with Crippen molar-refractivity contribution in [2.75, 3.05) is 0 Å². The zero-order valence-corrected chi connectivity index (χ0v) is 30.5. The Bertz CT molecular complexity index is 3460. The molecule has 5 heteroatoms. The number of hydrogen-bond acceptors (Lipinski definition) is 4. The summed E-state index contributed by atoms with van der Waals surface area (Å²) in [7, 11) is 0. The van der Waals surface area contributed by atoms with Crippen LogP contribution < -0.4 is 0 Å². The summed E-state index contributed by atoms with van der Waals surface area (Å²) >= 11 is 1.74. The third kappa shape index (κ3) is 5.32. The zero-order chi connectivity index (χ0) is 42.2. The lowest BCUT2D eigenvalue weighted by Gasteiger charge is -2.16. The Hall–Kier alpha value is -7.21. The van der Waals surface area contributed by atoms with Crippen LogP contribution in [0.3, 0.4) is 0 Å². The predicted molar refractivity (Wildman–Crippen MR) is 234 cm³/mol. The first kappa shape index (κ1) is 26.5. The van der Waals surface area contributed by atoms with E-state index in [1.165, 1.54) is 22.2 Å². The summed E-state index contributed by atoms with van der Waals surface area (Å²) in [5.41, 5.74) is 7.33. The van der Waals surface area contributed by atoms with Crippen LogP contribution in [0.5, 0.6) is 0 Å². The van der Waals surface area contributed by atoms with E-state index in [1.807, 2.05) is 84.9 Å². The van der Waals surface area contributed by atoms with Crippen molar-refractivity contribution in [3.63, 3.8) is 0 Å². The van der Waals surface area contributed by atoms with E-state index in [2.05, 4.69) is 60.7 Å². The molecule has 0 amide bonds. The second kappa shape index (κ2) is 13.3. The minimum absolute atomic E-state index is 0.0487. The van der Waals surface area contributed by atoms with Gasteiger partial charge in [-0.15, -0.1) is 11.3 Å². The van der Waals surface area contributed by atoms with E-state index in [9.17, 15) is 2.74 Å². The van der Waals surface area contributed by atoms with Crippen LogP contribution in [0, 0.1) is 0 Å². The number of aromatic nitrogens is 4. The molecule has 262 valence electrons. The summed E-state index contributed by atoms with van der Waals surface area (Å²) < 4.78 is 57.8. The minimum Gasteiger partial charge on any atom is -0.309 e. The molecule has 0 aliphatic rings. The highest BCUT2D eigenvalue weighted by atomic mass is 32.1. The molecule has 0 unspecified atom stereocenters. The summed E-state index contributed by atoms with van der Waals surface area (Å²) in [5.74, 6) is 1.24. The maximum Gasteiger partial charge on any atom is 0.166 e. The largest absolute Gasteiger partial charge is 0.309 e. The Morgan fingerprint density at radius 1 is 0.429 bits per heavy atom. The third-order valence-corrected chi connectivity index (χ3v) is 11.4. The van der Waals surface area contributed by atoms with Gasteiger partial charge in [-0.05, 0) is 52.5 Å². The molecule has 3 aromatic heterocycles. The molecule has 0 bridgehead atoms. The first-order valence-electron chi connectivity index (χ1n) is 21.3. The summed E-state index contributed by atoms with van der Waals surface area (Å²) in [6.45, 7) is 0. The predicted octanol–water partition coefficient (Wildman–Crippen LogP) is 13.7. The standard InChI is InChI=1S/C51H32N4S/c1-4-16-33(17-5-1)37-24-15-29-46-47(37)41-26-14-25-38(48(41)56-46)36-30-31-45(55-43-27-12-10-22-39(43)40-23-11-13-28-44(40)55)42(32-36)51-53-49(34-18-6-2-7-19-34)52-50(54-51)35-20-8-3-9-21-35/h1-32H/i10D,11D,22D,23D,27D,28D. The number of hydrogen-bond donors (Lipinski definition) is 0. The second-order valence-electron chi connectivity index (χ2n) is 13.5. The van der Waals surface area contributed by atoms with Crippen molar-refractivity contribution in [3.05, 3.63) is 194 Å². The lowest BCUT2D eigenvalue weighted by molar-refractivity contribution is 1.06. The van der Waals surface area contributed by atoms with Crippen molar-refractivity contribution in [1.82, 2.24) is 19.5 Å². The average Bonchev–Trinajstić information content (AvgIpc) is 3.89. The normalized spacial score (nSPS) is 13.1. The fourth-order valence-corrected chi connectivity index (χ4v) is 8.96. The first-order valence-corrected chi connectivity index (χ1v) is 19.1. The van der Waals surface area contributed by atoms with E-state index in [0.717, 1.165) is 43.5 Å². The molecule has 8 aromatic carbocycles. The molecular formula is C51H32N4S. The zero-order valence-electron chi connectivity index (χ0n) is 35.7. The summed E-state index contributed by atoms with van der Waals surface area (Å²) in [4.78, 5) is 15.3. The van der Waals surface area contributed by atoms with Gasteiger partial charge in [0.25, 0.3) is 0 Å². The average molecular weight is 739 g/mol. The number of rotatable bonds is 6. The quantitative estimate of drug-likeness (QED) is 0.171. The van der Waals surface area contributed by atoms with Gasteiger partial charge in [0.15, 0.2) is 17.5 Å². The van der Waals surface area contributed by atoms with Crippen LogP contribution in [0.15, 0.2) is 194 Å². The van der Waals surface area contributed by atoms with Crippen LogP contribution in [0.25, 0.3) is 104 Å². The van der Waals surface area contributed by atoms with Gasteiger partial charge in [0.1, 0.15) is 0 Å². The van der Waals surface area contributed by atoms with Gasteiger partial charge in [-0.2, -0.15) is 0 Å². The lowest BCUT2D eigenvalue weighted by Crippen LogP contribution is -2.04. The molecule has 0 atom stereocenters. The Morgan fingerprint density at radius 2 is 1.00 bits per heavy atom. The molecule has 0 aliphatic heterocycles. The van der Waals surface area contributed by atoms with E-state index >= 15 is 0 Å². The van der Waals surface area contributed by atoms with Gasteiger partial charge in [-0.3, -0.25) is 0 Å². The van der Waals surface area contributed by atoms with Gasteiger partial charge in [0.2, 0.25) is 0 Å². The summed E-state index contributed by atoms with van der Waals surface area (Å²) in [6.07, 6.45) is 0. The van der Waals surface area contributed by atoms with Crippen LogP contribution in [0.2, 0.25) is 0 Å². The van der Waals surface area contributed by atoms with Gasteiger partial charge in [0.05, 0.1) is 24.9 Å². The van der Waals surface area contributed by atoms with Crippen LogP contribution in [0.1, 0.15) is 8.22 Å². The number of benzene rings is 8.